The average molecular weight is 274 g/mol. The molecule has 2 rings (SSSR count). The van der Waals surface area contributed by atoms with E-state index in [0.29, 0.717) is 5.92 Å². The molecule has 0 bridgehead atoms. The largest absolute Gasteiger partial charge is 0.330 e. The number of anilines is 1. The van der Waals surface area contributed by atoms with Gasteiger partial charge in [0.2, 0.25) is 5.91 Å². The van der Waals surface area contributed by atoms with Crippen LogP contribution in [0.4, 0.5) is 5.69 Å². The highest BCUT2D eigenvalue weighted by molar-refractivity contribution is 5.94. The summed E-state index contributed by atoms with van der Waals surface area (Å²) in [7, 11) is 1.89. The van der Waals surface area contributed by atoms with Gasteiger partial charge in [-0.2, -0.15) is 0 Å². The molecule has 0 unspecified atom stereocenters. The summed E-state index contributed by atoms with van der Waals surface area (Å²) < 4.78 is 0. The zero-order chi connectivity index (χ0) is 14.7. The van der Waals surface area contributed by atoms with Crippen molar-refractivity contribution in [1.82, 2.24) is 0 Å². The van der Waals surface area contributed by atoms with Gasteiger partial charge in [0.1, 0.15) is 0 Å². The molecule has 1 aliphatic rings. The van der Waals surface area contributed by atoms with Crippen molar-refractivity contribution in [2.45, 2.75) is 39.5 Å². The van der Waals surface area contributed by atoms with Crippen LogP contribution in [-0.2, 0) is 4.79 Å². The third-order valence-corrected chi connectivity index (χ3v) is 4.45. The second-order valence-corrected chi connectivity index (χ2v) is 6.20. The van der Waals surface area contributed by atoms with Crippen molar-refractivity contribution in [3.8, 4) is 0 Å². The van der Waals surface area contributed by atoms with Crippen LogP contribution in [-0.4, -0.2) is 19.5 Å². The number of hydrogen-bond donors (Lipinski definition) is 1. The normalized spacial score (nSPS) is 22.6. The Morgan fingerprint density at radius 3 is 2.20 bits per heavy atom. The van der Waals surface area contributed by atoms with Crippen molar-refractivity contribution in [2.75, 3.05) is 18.5 Å². The van der Waals surface area contributed by atoms with E-state index in [4.69, 9.17) is 5.73 Å². The van der Waals surface area contributed by atoms with E-state index in [1.807, 2.05) is 11.9 Å². The molecule has 0 spiro atoms. The van der Waals surface area contributed by atoms with E-state index in [2.05, 4.69) is 32.0 Å². The van der Waals surface area contributed by atoms with Crippen LogP contribution in [0.5, 0.6) is 0 Å². The molecule has 3 nitrogen and oxygen atoms in total. The fraction of sp³-hybridized carbons (Fsp3) is 0.588. The van der Waals surface area contributed by atoms with E-state index in [0.717, 1.165) is 37.9 Å². The van der Waals surface area contributed by atoms with Crippen LogP contribution in [0.3, 0.4) is 0 Å². The summed E-state index contributed by atoms with van der Waals surface area (Å²) in [6, 6.07) is 6.29. The standard InChI is InChI=1S/C17H26N2O/c1-12-8-13(2)10-16(9-12)19(3)17(20)15-6-4-14(11-18)5-7-15/h8-10,14-15H,4-7,11,18H2,1-3H3. The van der Waals surface area contributed by atoms with Crippen LogP contribution in [0.2, 0.25) is 0 Å². The third-order valence-electron chi connectivity index (χ3n) is 4.45. The van der Waals surface area contributed by atoms with Crippen molar-refractivity contribution in [1.29, 1.82) is 0 Å². The van der Waals surface area contributed by atoms with E-state index in [-0.39, 0.29) is 11.8 Å². The molecule has 20 heavy (non-hydrogen) atoms. The van der Waals surface area contributed by atoms with Gasteiger partial charge in [0, 0.05) is 18.7 Å². The first kappa shape index (κ1) is 15.0. The topological polar surface area (TPSA) is 46.3 Å². The predicted octanol–water partition coefficient (Wildman–Crippen LogP) is 3.03. The van der Waals surface area contributed by atoms with Crippen LogP contribution < -0.4 is 10.6 Å². The van der Waals surface area contributed by atoms with E-state index >= 15 is 0 Å². The molecule has 1 fully saturated rings. The van der Waals surface area contributed by atoms with Gasteiger partial charge < -0.3 is 10.6 Å². The Morgan fingerprint density at radius 1 is 1.15 bits per heavy atom. The predicted molar refractivity (Wildman–Crippen MR) is 83.8 cm³/mol. The van der Waals surface area contributed by atoms with Crippen molar-refractivity contribution in [2.24, 2.45) is 17.6 Å². The van der Waals surface area contributed by atoms with Crippen LogP contribution in [0.15, 0.2) is 18.2 Å². The second-order valence-electron chi connectivity index (χ2n) is 6.20. The highest BCUT2D eigenvalue weighted by Crippen LogP contribution is 2.30. The summed E-state index contributed by atoms with van der Waals surface area (Å²) in [5, 5.41) is 0. The number of rotatable bonds is 3. The number of nitrogens with zero attached hydrogens (tertiary/aromatic N) is 1. The molecule has 0 saturated heterocycles. The van der Waals surface area contributed by atoms with Gasteiger partial charge in [-0.05, 0) is 75.3 Å². The SMILES string of the molecule is Cc1cc(C)cc(N(C)C(=O)C2CCC(CN)CC2)c1. The van der Waals surface area contributed by atoms with Gasteiger partial charge in [0.25, 0.3) is 0 Å². The second kappa shape index (κ2) is 6.40. The number of hydrogen-bond acceptors (Lipinski definition) is 2. The molecule has 0 aliphatic heterocycles. The lowest BCUT2D eigenvalue weighted by Gasteiger charge is -2.30. The van der Waals surface area contributed by atoms with Crippen LogP contribution >= 0.6 is 0 Å². The molecule has 1 aromatic rings. The highest BCUT2D eigenvalue weighted by Gasteiger charge is 2.28. The van der Waals surface area contributed by atoms with E-state index < -0.39 is 0 Å². The molecule has 0 radical (unpaired) electrons. The lowest BCUT2D eigenvalue weighted by molar-refractivity contribution is -0.123. The first-order valence-corrected chi connectivity index (χ1v) is 7.57. The molecule has 1 amide bonds. The summed E-state index contributed by atoms with van der Waals surface area (Å²) in [4.78, 5) is 14.4. The molecule has 1 aliphatic carbocycles. The van der Waals surface area contributed by atoms with E-state index in [1.54, 1.807) is 0 Å². The monoisotopic (exact) mass is 274 g/mol. The lowest BCUT2D eigenvalue weighted by atomic mass is 9.81. The molecule has 1 saturated carbocycles. The Balaban J connectivity index is 2.05. The van der Waals surface area contributed by atoms with Gasteiger partial charge in [-0.25, -0.2) is 0 Å². The lowest BCUT2D eigenvalue weighted by Crippen LogP contribution is -2.35. The zero-order valence-electron chi connectivity index (χ0n) is 12.9. The molecule has 0 heterocycles. The number of carbonyl (C=O) groups excluding carboxylic acids is 1. The van der Waals surface area contributed by atoms with Crippen molar-refractivity contribution < 1.29 is 4.79 Å². The number of carbonyl (C=O) groups is 1. The summed E-state index contributed by atoms with van der Waals surface area (Å²) in [5.74, 6) is 1.04. The van der Waals surface area contributed by atoms with Crippen LogP contribution in [0.25, 0.3) is 0 Å². The fourth-order valence-corrected chi connectivity index (χ4v) is 3.19. The quantitative estimate of drug-likeness (QED) is 0.921. The van der Waals surface area contributed by atoms with Gasteiger partial charge in [0.15, 0.2) is 0 Å². The third kappa shape index (κ3) is 3.40. The number of aryl methyl sites for hydroxylation is 2. The van der Waals surface area contributed by atoms with Gasteiger partial charge in [-0.3, -0.25) is 4.79 Å². The van der Waals surface area contributed by atoms with Crippen molar-refractivity contribution >= 4 is 11.6 Å². The van der Waals surface area contributed by atoms with Crippen molar-refractivity contribution in [3.63, 3.8) is 0 Å². The van der Waals surface area contributed by atoms with E-state index in [1.165, 1.54) is 11.1 Å². The molecule has 0 atom stereocenters. The Bertz CT molecular complexity index is 456. The van der Waals surface area contributed by atoms with Crippen molar-refractivity contribution in [3.05, 3.63) is 29.3 Å². The van der Waals surface area contributed by atoms with Crippen LogP contribution in [0, 0.1) is 25.7 Å². The Labute approximate surface area is 122 Å². The molecule has 1 aromatic carbocycles. The molecular weight excluding hydrogens is 248 g/mol. The molecule has 3 heteroatoms. The molecule has 110 valence electrons. The maximum absolute atomic E-state index is 12.6. The maximum atomic E-state index is 12.6. The van der Waals surface area contributed by atoms with Crippen LogP contribution in [0.1, 0.15) is 36.8 Å². The molecule has 2 N–H and O–H groups in total. The number of benzene rings is 1. The van der Waals surface area contributed by atoms with Gasteiger partial charge in [-0.1, -0.05) is 6.07 Å². The Kier molecular flexibility index (Phi) is 4.81. The minimum Gasteiger partial charge on any atom is -0.330 e. The molecular formula is C17H26N2O. The summed E-state index contributed by atoms with van der Waals surface area (Å²) in [5.41, 5.74) is 9.12. The number of nitrogens with two attached hydrogens (primary N) is 1. The Hall–Kier alpha value is -1.35. The number of amides is 1. The van der Waals surface area contributed by atoms with E-state index in [9.17, 15) is 4.79 Å². The molecule has 0 aromatic heterocycles. The smallest absolute Gasteiger partial charge is 0.229 e. The summed E-state index contributed by atoms with van der Waals surface area (Å²) in [6.45, 7) is 4.90. The first-order valence-electron chi connectivity index (χ1n) is 7.57. The Morgan fingerprint density at radius 2 is 1.70 bits per heavy atom. The van der Waals surface area contributed by atoms with Gasteiger partial charge in [-0.15, -0.1) is 0 Å². The van der Waals surface area contributed by atoms with Gasteiger partial charge in [0.05, 0.1) is 0 Å². The first-order chi connectivity index (χ1) is 9.51. The average Bonchev–Trinajstić information content (AvgIpc) is 2.45. The maximum Gasteiger partial charge on any atom is 0.229 e. The minimum atomic E-state index is 0.170. The summed E-state index contributed by atoms with van der Waals surface area (Å²) in [6.07, 6.45) is 4.15. The zero-order valence-corrected chi connectivity index (χ0v) is 12.9. The van der Waals surface area contributed by atoms with Gasteiger partial charge >= 0.3 is 0 Å². The fourth-order valence-electron chi connectivity index (χ4n) is 3.19. The minimum absolute atomic E-state index is 0.170. The highest BCUT2D eigenvalue weighted by atomic mass is 16.2. The summed E-state index contributed by atoms with van der Waals surface area (Å²) >= 11 is 0.